The van der Waals surface area contributed by atoms with Gasteiger partial charge in [0, 0.05) is 16.6 Å². The molecule has 1 aliphatic carbocycles. The molecule has 3 N–H and O–H groups in total. The smallest absolute Gasteiger partial charge is 0.267 e. The molecule has 2 aromatic carbocycles. The number of hydrogen-bond donors (Lipinski definition) is 3. The van der Waals surface area contributed by atoms with Crippen LogP contribution in [0.5, 0.6) is 0 Å². The quantitative estimate of drug-likeness (QED) is 0.426. The largest absolute Gasteiger partial charge is 0.290 e. The van der Waals surface area contributed by atoms with Crippen molar-refractivity contribution in [2.24, 2.45) is 0 Å². The molecular formula is C22H17FN6O3. The van der Waals surface area contributed by atoms with E-state index in [0.717, 1.165) is 24.1 Å². The first-order valence-corrected chi connectivity index (χ1v) is 9.98. The molecule has 32 heavy (non-hydrogen) atoms. The third-order valence-corrected chi connectivity index (χ3v) is 5.42. The first-order chi connectivity index (χ1) is 15.5. The molecule has 5 rings (SSSR count). The lowest BCUT2D eigenvalue weighted by Gasteiger charge is -2.08. The van der Waals surface area contributed by atoms with E-state index in [1.165, 1.54) is 12.1 Å². The third kappa shape index (κ3) is 3.31. The summed E-state index contributed by atoms with van der Waals surface area (Å²) in [7, 11) is 0. The fourth-order valence-corrected chi connectivity index (χ4v) is 3.94. The summed E-state index contributed by atoms with van der Waals surface area (Å²) in [4.78, 5) is 37.3. The van der Waals surface area contributed by atoms with Crippen molar-refractivity contribution < 1.29 is 14.0 Å². The van der Waals surface area contributed by atoms with Gasteiger partial charge in [0.2, 0.25) is 0 Å². The highest BCUT2D eigenvalue weighted by Gasteiger charge is 2.27. The molecule has 0 radical (unpaired) electrons. The number of aromatic nitrogens is 4. The van der Waals surface area contributed by atoms with Gasteiger partial charge in [-0.1, -0.05) is 18.2 Å². The second kappa shape index (κ2) is 7.73. The maximum Gasteiger partial charge on any atom is 0.290 e. The third-order valence-electron chi connectivity index (χ3n) is 5.42. The fraction of sp³-hybridized carbons (Fsp3) is 0.136. The Morgan fingerprint density at radius 1 is 0.938 bits per heavy atom. The summed E-state index contributed by atoms with van der Waals surface area (Å²) >= 11 is 0. The van der Waals surface area contributed by atoms with Crippen LogP contribution in [-0.2, 0) is 12.8 Å². The molecule has 0 spiro atoms. The van der Waals surface area contributed by atoms with Gasteiger partial charge in [0.15, 0.2) is 11.4 Å². The molecule has 0 aliphatic heterocycles. The Morgan fingerprint density at radius 2 is 1.62 bits per heavy atom. The van der Waals surface area contributed by atoms with E-state index in [2.05, 4.69) is 26.1 Å². The molecule has 0 saturated heterocycles. The van der Waals surface area contributed by atoms with E-state index in [9.17, 15) is 18.8 Å². The number of aromatic amines is 1. The van der Waals surface area contributed by atoms with E-state index in [4.69, 9.17) is 0 Å². The second-order valence-corrected chi connectivity index (χ2v) is 7.37. The average molecular weight is 432 g/mol. The Bertz CT molecular complexity index is 1420. The van der Waals surface area contributed by atoms with E-state index < -0.39 is 17.4 Å². The highest BCUT2D eigenvalue weighted by Crippen LogP contribution is 2.27. The lowest BCUT2D eigenvalue weighted by Crippen LogP contribution is -2.42. The number of nitrogens with one attached hydrogen (secondary N) is 3. The van der Waals surface area contributed by atoms with Gasteiger partial charge in [-0.05, 0) is 49.6 Å². The van der Waals surface area contributed by atoms with Crippen molar-refractivity contribution in [2.75, 3.05) is 0 Å². The zero-order valence-electron chi connectivity index (χ0n) is 16.7. The molecule has 2 amide bonds. The lowest BCUT2D eigenvalue weighted by atomic mass is 10.1. The number of H-pyrrole nitrogens is 1. The number of hydrogen-bond acceptors (Lipinski definition) is 5. The number of carbonyl (C=O) groups excluding carboxylic acids is 2. The summed E-state index contributed by atoms with van der Waals surface area (Å²) in [5.41, 5.74) is 6.80. The van der Waals surface area contributed by atoms with Crippen LogP contribution in [0, 0.1) is 5.82 Å². The van der Waals surface area contributed by atoms with Crippen molar-refractivity contribution in [1.29, 1.82) is 0 Å². The Hall–Kier alpha value is -4.34. The molecule has 9 nitrogen and oxygen atoms in total. The zero-order chi connectivity index (χ0) is 22.2. The highest BCUT2D eigenvalue weighted by molar-refractivity contribution is 6.05. The van der Waals surface area contributed by atoms with E-state index >= 15 is 0 Å². The molecule has 0 fully saturated rings. The summed E-state index contributed by atoms with van der Waals surface area (Å²) in [6.45, 7) is 0. The van der Waals surface area contributed by atoms with Gasteiger partial charge in [-0.15, -0.1) is 0 Å². The van der Waals surface area contributed by atoms with Crippen LogP contribution in [0.4, 0.5) is 4.39 Å². The number of hydrazine groups is 1. The van der Waals surface area contributed by atoms with Crippen molar-refractivity contribution in [3.63, 3.8) is 0 Å². The number of nitrogens with zero attached hydrogens (tertiary/aromatic N) is 3. The standard InChI is InChI=1S/C22H17FN6O3/c23-12-8-10-13(11-9-12)29-17-7-3-6-16(17)19(28-29)22(32)27-26-21(31)18-14-4-1-2-5-15(14)20(30)25-24-18/h1-2,4-5,8-11H,3,6-7H2,(H,25,30)(H,26,31)(H,27,32). The molecule has 0 atom stereocenters. The minimum atomic E-state index is -0.680. The van der Waals surface area contributed by atoms with Crippen LogP contribution in [0.25, 0.3) is 16.5 Å². The topological polar surface area (TPSA) is 122 Å². The van der Waals surface area contributed by atoms with E-state index in [-0.39, 0.29) is 17.2 Å². The number of halogens is 1. The Morgan fingerprint density at radius 3 is 2.38 bits per heavy atom. The highest BCUT2D eigenvalue weighted by atomic mass is 19.1. The van der Waals surface area contributed by atoms with Gasteiger partial charge in [0.1, 0.15) is 5.82 Å². The van der Waals surface area contributed by atoms with Crippen molar-refractivity contribution in [3.05, 3.63) is 87.3 Å². The maximum atomic E-state index is 13.3. The first-order valence-electron chi connectivity index (χ1n) is 9.98. The monoisotopic (exact) mass is 432 g/mol. The van der Waals surface area contributed by atoms with Gasteiger partial charge in [0.25, 0.3) is 17.4 Å². The number of rotatable bonds is 3. The van der Waals surface area contributed by atoms with Gasteiger partial charge in [-0.25, -0.2) is 14.2 Å². The molecule has 160 valence electrons. The molecule has 2 aromatic heterocycles. The summed E-state index contributed by atoms with van der Waals surface area (Å²) in [5, 5.41) is 11.2. The van der Waals surface area contributed by atoms with E-state index in [1.807, 2.05) is 0 Å². The van der Waals surface area contributed by atoms with Crippen LogP contribution in [0.2, 0.25) is 0 Å². The van der Waals surface area contributed by atoms with Crippen LogP contribution >= 0.6 is 0 Å². The Kier molecular flexibility index (Phi) is 4.74. The number of benzene rings is 2. The average Bonchev–Trinajstić information content (AvgIpc) is 3.41. The zero-order valence-corrected chi connectivity index (χ0v) is 16.7. The normalized spacial score (nSPS) is 12.5. The summed E-state index contributed by atoms with van der Waals surface area (Å²) in [5.74, 6) is -1.62. The second-order valence-electron chi connectivity index (χ2n) is 7.37. The summed E-state index contributed by atoms with van der Waals surface area (Å²) < 4.78 is 14.9. The first kappa shape index (κ1) is 19.6. The minimum absolute atomic E-state index is 0.0254. The molecule has 1 aliphatic rings. The van der Waals surface area contributed by atoms with Crippen LogP contribution in [-0.4, -0.2) is 31.8 Å². The molecule has 2 heterocycles. The van der Waals surface area contributed by atoms with E-state index in [0.29, 0.717) is 22.9 Å². The summed E-state index contributed by atoms with van der Waals surface area (Å²) in [6, 6.07) is 12.4. The van der Waals surface area contributed by atoms with Crippen molar-refractivity contribution >= 4 is 22.6 Å². The molecule has 4 aromatic rings. The van der Waals surface area contributed by atoms with Crippen molar-refractivity contribution in [2.45, 2.75) is 19.3 Å². The van der Waals surface area contributed by atoms with Crippen LogP contribution in [0.1, 0.15) is 38.7 Å². The lowest BCUT2D eigenvalue weighted by molar-refractivity contribution is 0.0841. The minimum Gasteiger partial charge on any atom is -0.267 e. The van der Waals surface area contributed by atoms with Crippen LogP contribution < -0.4 is 16.4 Å². The van der Waals surface area contributed by atoms with Gasteiger partial charge in [0.05, 0.1) is 11.1 Å². The van der Waals surface area contributed by atoms with Gasteiger partial charge >= 0.3 is 0 Å². The molecular weight excluding hydrogens is 415 g/mol. The Labute approximate surface area is 180 Å². The summed E-state index contributed by atoms with van der Waals surface area (Å²) in [6.07, 6.45) is 2.29. The predicted molar refractivity (Wildman–Crippen MR) is 113 cm³/mol. The number of fused-ring (bicyclic) bond motifs is 2. The predicted octanol–water partition coefficient (Wildman–Crippen LogP) is 1.81. The molecule has 0 unspecified atom stereocenters. The molecule has 10 heteroatoms. The van der Waals surface area contributed by atoms with Gasteiger partial charge in [-0.3, -0.25) is 25.2 Å². The molecule has 0 bridgehead atoms. The SMILES string of the molecule is O=C(NNC(=O)c1n[nH]c(=O)c2ccccc12)c1nn(-c2ccc(F)cc2)c2c1CCC2. The number of amides is 2. The van der Waals surface area contributed by atoms with Crippen LogP contribution in [0.15, 0.2) is 53.3 Å². The van der Waals surface area contributed by atoms with Crippen molar-refractivity contribution in [3.8, 4) is 5.69 Å². The Balaban J connectivity index is 1.39. The van der Waals surface area contributed by atoms with E-state index in [1.54, 1.807) is 41.1 Å². The fourth-order valence-electron chi connectivity index (χ4n) is 3.94. The van der Waals surface area contributed by atoms with Gasteiger partial charge in [-0.2, -0.15) is 10.2 Å². The van der Waals surface area contributed by atoms with Gasteiger partial charge < -0.3 is 0 Å². The number of carbonyl (C=O) groups is 2. The van der Waals surface area contributed by atoms with Crippen LogP contribution in [0.3, 0.4) is 0 Å². The van der Waals surface area contributed by atoms with Crippen molar-refractivity contribution in [1.82, 2.24) is 30.8 Å². The maximum absolute atomic E-state index is 13.3. The molecule has 0 saturated carbocycles.